The number of anilines is 1. The summed E-state index contributed by atoms with van der Waals surface area (Å²) in [6, 6.07) is 7.60. The van der Waals surface area contributed by atoms with Gasteiger partial charge in [0, 0.05) is 23.9 Å². The number of pyridine rings is 2. The van der Waals surface area contributed by atoms with E-state index in [-0.39, 0.29) is 11.8 Å². The van der Waals surface area contributed by atoms with Crippen LogP contribution in [0.2, 0.25) is 0 Å². The summed E-state index contributed by atoms with van der Waals surface area (Å²) in [4.78, 5) is 21.7. The number of hydrogen-bond donors (Lipinski definition) is 1. The van der Waals surface area contributed by atoms with E-state index in [0.29, 0.717) is 29.2 Å². The standard InChI is InChI=1S/C22H23N9O/c1-13(2)21-27-28-29-31(21)20-6-4-5-19(25-20)26-22(32)18-9-17(14(3)10-23-18)15-11-24-30(12-15)16-7-8-16/h4-6,9-13,16H,7-8H2,1-3H3,(H,25,26,32). The SMILES string of the molecule is Cc1cnc(C(=O)Nc2cccc(-n3nnnc3C(C)C)n2)cc1-c1cnn(C2CC2)c1. The van der Waals surface area contributed by atoms with Gasteiger partial charge in [0.1, 0.15) is 11.5 Å². The number of carbonyl (C=O) groups is 1. The van der Waals surface area contributed by atoms with Crippen LogP contribution in [0.3, 0.4) is 0 Å². The molecule has 10 nitrogen and oxygen atoms in total. The summed E-state index contributed by atoms with van der Waals surface area (Å²) in [5.74, 6) is 1.40. The quantitative estimate of drug-likeness (QED) is 0.500. The van der Waals surface area contributed by atoms with E-state index in [1.807, 2.05) is 37.8 Å². The summed E-state index contributed by atoms with van der Waals surface area (Å²) in [5.41, 5.74) is 3.21. The van der Waals surface area contributed by atoms with Gasteiger partial charge in [-0.1, -0.05) is 19.9 Å². The van der Waals surface area contributed by atoms with Gasteiger partial charge in [-0.15, -0.1) is 5.10 Å². The Balaban J connectivity index is 1.39. The van der Waals surface area contributed by atoms with Gasteiger partial charge in [0.25, 0.3) is 5.91 Å². The molecule has 0 atom stereocenters. The van der Waals surface area contributed by atoms with Crippen molar-refractivity contribution in [3.8, 4) is 16.9 Å². The number of aromatic nitrogens is 8. The van der Waals surface area contributed by atoms with Crippen molar-refractivity contribution in [2.75, 3.05) is 5.32 Å². The Morgan fingerprint density at radius 1 is 1.22 bits per heavy atom. The van der Waals surface area contributed by atoms with E-state index in [2.05, 4.69) is 35.9 Å². The molecule has 162 valence electrons. The summed E-state index contributed by atoms with van der Waals surface area (Å²) in [7, 11) is 0. The first-order valence-electron chi connectivity index (χ1n) is 10.6. The maximum atomic E-state index is 12.9. The molecule has 0 radical (unpaired) electrons. The van der Waals surface area contributed by atoms with Crippen molar-refractivity contribution in [2.24, 2.45) is 0 Å². The molecule has 4 heterocycles. The Kier molecular flexibility index (Phi) is 4.96. The zero-order valence-electron chi connectivity index (χ0n) is 18.1. The first kappa shape index (κ1) is 20.0. The molecule has 1 saturated carbocycles. The third kappa shape index (κ3) is 3.86. The molecule has 0 bridgehead atoms. The van der Waals surface area contributed by atoms with Crippen LogP contribution in [0.5, 0.6) is 0 Å². The van der Waals surface area contributed by atoms with E-state index < -0.39 is 0 Å². The van der Waals surface area contributed by atoms with E-state index >= 15 is 0 Å². The molecule has 5 rings (SSSR count). The lowest BCUT2D eigenvalue weighted by Gasteiger charge is -2.10. The highest BCUT2D eigenvalue weighted by atomic mass is 16.1. The summed E-state index contributed by atoms with van der Waals surface area (Å²) in [6.45, 7) is 5.98. The molecule has 1 fully saturated rings. The van der Waals surface area contributed by atoms with E-state index in [1.54, 1.807) is 35.1 Å². The Morgan fingerprint density at radius 3 is 2.84 bits per heavy atom. The predicted molar refractivity (Wildman–Crippen MR) is 117 cm³/mol. The van der Waals surface area contributed by atoms with Crippen LogP contribution in [0.25, 0.3) is 16.9 Å². The van der Waals surface area contributed by atoms with Crippen LogP contribution in [-0.2, 0) is 0 Å². The summed E-state index contributed by atoms with van der Waals surface area (Å²) >= 11 is 0. The minimum Gasteiger partial charge on any atom is -0.305 e. The van der Waals surface area contributed by atoms with Gasteiger partial charge in [0.15, 0.2) is 11.6 Å². The van der Waals surface area contributed by atoms with Gasteiger partial charge in [0.2, 0.25) is 0 Å². The monoisotopic (exact) mass is 429 g/mol. The summed E-state index contributed by atoms with van der Waals surface area (Å²) in [6.07, 6.45) is 7.91. The third-order valence-electron chi connectivity index (χ3n) is 5.37. The number of tetrazole rings is 1. The fourth-order valence-electron chi connectivity index (χ4n) is 3.48. The van der Waals surface area contributed by atoms with Crippen LogP contribution in [-0.4, -0.2) is 45.9 Å². The van der Waals surface area contributed by atoms with Crippen LogP contribution in [0, 0.1) is 6.92 Å². The summed E-state index contributed by atoms with van der Waals surface area (Å²) in [5, 5.41) is 19.1. The molecule has 1 amide bonds. The molecule has 1 aliphatic rings. The van der Waals surface area contributed by atoms with Crippen molar-refractivity contribution in [1.29, 1.82) is 0 Å². The van der Waals surface area contributed by atoms with Crippen molar-refractivity contribution in [2.45, 2.75) is 45.6 Å². The number of hydrogen-bond acceptors (Lipinski definition) is 7. The van der Waals surface area contributed by atoms with Crippen LogP contribution >= 0.6 is 0 Å². The Labute approximate surface area is 184 Å². The predicted octanol–water partition coefficient (Wildman–Crippen LogP) is 3.33. The molecule has 0 spiro atoms. The highest BCUT2D eigenvalue weighted by Crippen LogP contribution is 2.35. The molecule has 4 aromatic rings. The maximum absolute atomic E-state index is 12.9. The average Bonchev–Trinajstić information content (AvgIpc) is 3.31. The molecule has 0 saturated heterocycles. The molecular weight excluding hydrogens is 406 g/mol. The van der Waals surface area contributed by atoms with Gasteiger partial charge in [-0.3, -0.25) is 14.5 Å². The fourth-order valence-corrected chi connectivity index (χ4v) is 3.48. The smallest absolute Gasteiger partial charge is 0.275 e. The largest absolute Gasteiger partial charge is 0.305 e. The van der Waals surface area contributed by atoms with Crippen molar-refractivity contribution in [3.63, 3.8) is 0 Å². The third-order valence-corrected chi connectivity index (χ3v) is 5.37. The Hall–Kier alpha value is -3.95. The van der Waals surface area contributed by atoms with Crippen LogP contribution in [0.1, 0.15) is 60.5 Å². The zero-order chi connectivity index (χ0) is 22.2. The number of nitrogens with zero attached hydrogens (tertiary/aromatic N) is 8. The number of aryl methyl sites for hydroxylation is 1. The van der Waals surface area contributed by atoms with Gasteiger partial charge in [-0.05, 0) is 59.5 Å². The first-order valence-corrected chi connectivity index (χ1v) is 10.6. The molecule has 0 aromatic carbocycles. The van der Waals surface area contributed by atoms with Crippen molar-refractivity contribution in [3.05, 3.63) is 59.9 Å². The first-order chi connectivity index (χ1) is 15.5. The van der Waals surface area contributed by atoms with Gasteiger partial charge < -0.3 is 5.32 Å². The van der Waals surface area contributed by atoms with Gasteiger partial charge >= 0.3 is 0 Å². The van der Waals surface area contributed by atoms with Crippen LogP contribution < -0.4 is 5.32 Å². The highest BCUT2D eigenvalue weighted by Gasteiger charge is 2.24. The molecule has 1 N–H and O–H groups in total. The van der Waals surface area contributed by atoms with E-state index in [4.69, 9.17) is 0 Å². The van der Waals surface area contributed by atoms with Crippen LogP contribution in [0.15, 0.2) is 42.9 Å². The van der Waals surface area contributed by atoms with E-state index in [9.17, 15) is 4.79 Å². The van der Waals surface area contributed by atoms with Gasteiger partial charge in [0.05, 0.1) is 12.2 Å². The highest BCUT2D eigenvalue weighted by molar-refractivity contribution is 6.03. The topological polar surface area (TPSA) is 116 Å². The van der Waals surface area contributed by atoms with E-state index in [1.165, 1.54) is 12.8 Å². The second-order valence-corrected chi connectivity index (χ2v) is 8.26. The lowest BCUT2D eigenvalue weighted by Crippen LogP contribution is -2.16. The fraction of sp³-hybridized carbons (Fsp3) is 0.318. The van der Waals surface area contributed by atoms with Crippen molar-refractivity contribution >= 4 is 11.7 Å². The molecule has 4 aromatic heterocycles. The Bertz CT molecular complexity index is 1290. The molecule has 32 heavy (non-hydrogen) atoms. The lowest BCUT2D eigenvalue weighted by atomic mass is 10.0. The van der Waals surface area contributed by atoms with Crippen molar-refractivity contribution in [1.82, 2.24) is 40.0 Å². The second kappa shape index (κ2) is 7.95. The Morgan fingerprint density at radius 2 is 2.06 bits per heavy atom. The maximum Gasteiger partial charge on any atom is 0.275 e. The number of amides is 1. The molecule has 1 aliphatic carbocycles. The summed E-state index contributed by atoms with van der Waals surface area (Å²) < 4.78 is 3.56. The molecular formula is C22H23N9O. The van der Waals surface area contributed by atoms with Gasteiger partial charge in [-0.2, -0.15) is 9.78 Å². The normalized spacial score (nSPS) is 13.5. The second-order valence-electron chi connectivity index (χ2n) is 8.26. The van der Waals surface area contributed by atoms with Crippen molar-refractivity contribution < 1.29 is 4.79 Å². The minimum atomic E-state index is -0.341. The molecule has 0 aliphatic heterocycles. The van der Waals surface area contributed by atoms with E-state index in [0.717, 1.165) is 16.7 Å². The molecule has 0 unspecified atom stereocenters. The molecule has 10 heteroatoms. The zero-order valence-corrected chi connectivity index (χ0v) is 18.1. The average molecular weight is 429 g/mol. The van der Waals surface area contributed by atoms with Crippen LogP contribution in [0.4, 0.5) is 5.82 Å². The lowest BCUT2D eigenvalue weighted by molar-refractivity contribution is 0.102. The van der Waals surface area contributed by atoms with Gasteiger partial charge in [-0.25, -0.2) is 4.98 Å². The minimum absolute atomic E-state index is 0.129. The number of rotatable bonds is 6. The number of nitrogens with one attached hydrogen (secondary N) is 1. The number of carbonyl (C=O) groups excluding carboxylic acids is 1.